The van der Waals surface area contributed by atoms with E-state index < -0.39 is 9.84 Å². The van der Waals surface area contributed by atoms with Crippen LogP contribution in [0.15, 0.2) is 29.3 Å². The van der Waals surface area contributed by atoms with Crippen LogP contribution in [0.1, 0.15) is 31.7 Å². The maximum Gasteiger partial charge on any atom is 0.191 e. The molecule has 1 aromatic carbocycles. The van der Waals surface area contributed by atoms with Crippen molar-refractivity contribution < 1.29 is 13.2 Å². The summed E-state index contributed by atoms with van der Waals surface area (Å²) in [6.07, 6.45) is 4.04. The van der Waals surface area contributed by atoms with E-state index in [2.05, 4.69) is 21.7 Å². The smallest absolute Gasteiger partial charge is 0.191 e. The topological polar surface area (TPSA) is 79.8 Å². The molecule has 1 fully saturated rings. The number of nitrogens with one attached hydrogen (secondary N) is 2. The van der Waals surface area contributed by atoms with Gasteiger partial charge in [0.15, 0.2) is 5.96 Å². The Morgan fingerprint density at radius 1 is 1.36 bits per heavy atom. The Kier molecular flexibility index (Phi) is 6.32. The monoisotopic (exact) mass is 367 g/mol. The number of sulfone groups is 1. The van der Waals surface area contributed by atoms with Gasteiger partial charge in [-0.15, -0.1) is 0 Å². The average molecular weight is 368 g/mol. The van der Waals surface area contributed by atoms with Crippen molar-refractivity contribution in [1.29, 1.82) is 0 Å². The van der Waals surface area contributed by atoms with Crippen LogP contribution in [0.4, 0.5) is 0 Å². The zero-order chi connectivity index (χ0) is 18.5. The van der Waals surface area contributed by atoms with Crippen LogP contribution >= 0.6 is 0 Å². The standard InChI is InChI=1S/C18H29N3O3S/c1-14(9-12-25(4,22)23)21-17(19-2)20-13-18(10-11-18)15-7-5-6-8-16(15)24-3/h5-8,14H,9-13H2,1-4H3,(H2,19,20,21). The van der Waals surface area contributed by atoms with E-state index in [1.54, 1.807) is 14.2 Å². The lowest BCUT2D eigenvalue weighted by molar-refractivity contribution is 0.403. The molecule has 0 amide bonds. The number of hydrogen-bond acceptors (Lipinski definition) is 4. The first-order chi connectivity index (χ1) is 11.8. The zero-order valence-corrected chi connectivity index (χ0v) is 16.3. The minimum absolute atomic E-state index is 0.0299. The molecule has 7 heteroatoms. The molecule has 2 N–H and O–H groups in total. The summed E-state index contributed by atoms with van der Waals surface area (Å²) in [7, 11) is 0.479. The van der Waals surface area contributed by atoms with Crippen LogP contribution < -0.4 is 15.4 Å². The van der Waals surface area contributed by atoms with Crippen molar-refractivity contribution in [3.63, 3.8) is 0 Å². The van der Waals surface area contributed by atoms with Crippen LogP contribution in [0.3, 0.4) is 0 Å². The Bertz CT molecular complexity index is 712. The van der Waals surface area contributed by atoms with Gasteiger partial charge in [0.1, 0.15) is 15.6 Å². The van der Waals surface area contributed by atoms with E-state index in [1.165, 1.54) is 11.8 Å². The summed E-state index contributed by atoms with van der Waals surface area (Å²) in [4.78, 5) is 4.25. The van der Waals surface area contributed by atoms with Crippen LogP contribution in [0.5, 0.6) is 5.75 Å². The molecule has 1 aliphatic carbocycles. The second kappa shape index (κ2) is 8.08. The number of aliphatic imine (C=N–C) groups is 1. The van der Waals surface area contributed by atoms with Crippen molar-refractivity contribution in [3.8, 4) is 5.75 Å². The second-order valence-corrected chi connectivity index (χ2v) is 9.13. The van der Waals surface area contributed by atoms with Crippen molar-refractivity contribution in [2.75, 3.05) is 32.7 Å². The quantitative estimate of drug-likeness (QED) is 0.540. The van der Waals surface area contributed by atoms with E-state index in [-0.39, 0.29) is 17.2 Å². The van der Waals surface area contributed by atoms with Crippen LogP contribution in [-0.2, 0) is 15.3 Å². The third-order valence-electron chi connectivity index (χ3n) is 4.65. The van der Waals surface area contributed by atoms with Gasteiger partial charge in [0.25, 0.3) is 0 Å². The number of hydrogen-bond donors (Lipinski definition) is 2. The highest BCUT2D eigenvalue weighted by Crippen LogP contribution is 2.50. The van der Waals surface area contributed by atoms with Gasteiger partial charge in [-0.05, 0) is 32.3 Å². The Morgan fingerprint density at radius 2 is 2.04 bits per heavy atom. The number of rotatable bonds is 8. The summed E-state index contributed by atoms with van der Waals surface area (Å²) in [6.45, 7) is 2.73. The predicted molar refractivity (Wildman–Crippen MR) is 102 cm³/mol. The van der Waals surface area contributed by atoms with E-state index >= 15 is 0 Å². The summed E-state index contributed by atoms with van der Waals surface area (Å²) in [5, 5.41) is 6.65. The Morgan fingerprint density at radius 3 is 2.60 bits per heavy atom. The Labute approximate surface area is 151 Å². The van der Waals surface area contributed by atoms with Crippen LogP contribution in [-0.4, -0.2) is 53.1 Å². The molecule has 0 aromatic heterocycles. The SMILES string of the molecule is CN=C(NCC1(c2ccccc2OC)CC1)NC(C)CCS(C)(=O)=O. The summed E-state index contributed by atoms with van der Waals surface area (Å²) in [5.41, 5.74) is 1.31. The first-order valence-corrected chi connectivity index (χ1v) is 10.6. The lowest BCUT2D eigenvalue weighted by Crippen LogP contribution is -2.45. The summed E-state index contributed by atoms with van der Waals surface area (Å²) >= 11 is 0. The van der Waals surface area contributed by atoms with E-state index in [9.17, 15) is 8.42 Å². The molecule has 0 aliphatic heterocycles. The molecule has 0 radical (unpaired) electrons. The van der Waals surface area contributed by atoms with Gasteiger partial charge in [0.05, 0.1) is 12.9 Å². The van der Waals surface area contributed by atoms with E-state index in [0.717, 1.165) is 25.1 Å². The van der Waals surface area contributed by atoms with Crippen molar-refractivity contribution in [1.82, 2.24) is 10.6 Å². The van der Waals surface area contributed by atoms with Gasteiger partial charge < -0.3 is 15.4 Å². The molecule has 140 valence electrons. The molecule has 1 aliphatic rings. The highest BCUT2D eigenvalue weighted by Gasteiger charge is 2.46. The molecule has 1 aromatic rings. The maximum atomic E-state index is 11.3. The summed E-state index contributed by atoms with van der Waals surface area (Å²) in [5.74, 6) is 1.79. The van der Waals surface area contributed by atoms with Gasteiger partial charge in [0.2, 0.25) is 0 Å². The summed E-state index contributed by atoms with van der Waals surface area (Å²) < 4.78 is 28.1. The molecule has 2 rings (SSSR count). The third-order valence-corrected chi connectivity index (χ3v) is 5.63. The van der Waals surface area contributed by atoms with Gasteiger partial charge in [-0.2, -0.15) is 0 Å². The van der Waals surface area contributed by atoms with Gasteiger partial charge in [-0.3, -0.25) is 4.99 Å². The highest BCUT2D eigenvalue weighted by atomic mass is 32.2. The summed E-state index contributed by atoms with van der Waals surface area (Å²) in [6, 6.07) is 8.17. The van der Waals surface area contributed by atoms with Gasteiger partial charge in [0, 0.05) is 36.9 Å². The fraction of sp³-hybridized carbons (Fsp3) is 0.611. The molecule has 0 bridgehead atoms. The van der Waals surface area contributed by atoms with Gasteiger partial charge >= 0.3 is 0 Å². The molecule has 25 heavy (non-hydrogen) atoms. The predicted octanol–water partition coefficient (Wildman–Crippen LogP) is 1.72. The molecule has 1 unspecified atom stereocenters. The number of benzene rings is 1. The Balaban J connectivity index is 1.92. The van der Waals surface area contributed by atoms with Crippen LogP contribution in [0, 0.1) is 0 Å². The van der Waals surface area contributed by atoms with E-state index in [0.29, 0.717) is 12.4 Å². The van der Waals surface area contributed by atoms with Crippen LogP contribution in [0.2, 0.25) is 0 Å². The largest absolute Gasteiger partial charge is 0.496 e. The van der Waals surface area contributed by atoms with Crippen LogP contribution in [0.25, 0.3) is 0 Å². The Hall–Kier alpha value is -1.76. The fourth-order valence-electron chi connectivity index (χ4n) is 2.92. The molecule has 1 atom stereocenters. The number of methoxy groups -OCH3 is 1. The van der Waals surface area contributed by atoms with Crippen molar-refractivity contribution in [2.24, 2.45) is 4.99 Å². The number of para-hydroxylation sites is 1. The van der Waals surface area contributed by atoms with Gasteiger partial charge in [-0.25, -0.2) is 8.42 Å². The molecule has 0 heterocycles. The lowest BCUT2D eigenvalue weighted by atomic mass is 9.95. The number of guanidine groups is 1. The number of nitrogens with zero attached hydrogens (tertiary/aromatic N) is 1. The van der Waals surface area contributed by atoms with E-state index in [1.807, 2.05) is 25.1 Å². The molecule has 1 saturated carbocycles. The zero-order valence-electron chi connectivity index (χ0n) is 15.5. The fourth-order valence-corrected chi connectivity index (χ4v) is 3.70. The molecular formula is C18H29N3O3S. The van der Waals surface area contributed by atoms with Crippen molar-refractivity contribution in [3.05, 3.63) is 29.8 Å². The molecular weight excluding hydrogens is 338 g/mol. The van der Waals surface area contributed by atoms with E-state index in [4.69, 9.17) is 4.74 Å². The van der Waals surface area contributed by atoms with Crippen molar-refractivity contribution >= 4 is 15.8 Å². The normalized spacial score (nSPS) is 17.7. The maximum absolute atomic E-state index is 11.3. The minimum atomic E-state index is -2.95. The van der Waals surface area contributed by atoms with Crippen molar-refractivity contribution in [2.45, 2.75) is 37.6 Å². The first-order valence-electron chi connectivity index (χ1n) is 8.58. The second-order valence-electron chi connectivity index (χ2n) is 6.87. The first kappa shape index (κ1) is 19.6. The lowest BCUT2D eigenvalue weighted by Gasteiger charge is -2.22. The minimum Gasteiger partial charge on any atom is -0.496 e. The molecule has 0 saturated heterocycles. The van der Waals surface area contributed by atoms with Gasteiger partial charge in [-0.1, -0.05) is 18.2 Å². The molecule has 0 spiro atoms. The third kappa shape index (κ3) is 5.63. The average Bonchev–Trinajstić information content (AvgIpc) is 3.37. The number of ether oxygens (including phenoxy) is 1. The highest BCUT2D eigenvalue weighted by molar-refractivity contribution is 7.90. The molecule has 6 nitrogen and oxygen atoms in total.